The molecule has 0 amide bonds. The normalized spacial score (nSPS) is 14.7. The zero-order valence-corrected chi connectivity index (χ0v) is 12.2. The Morgan fingerprint density at radius 2 is 1.59 bits per heavy atom. The van der Waals surface area contributed by atoms with Crippen molar-refractivity contribution in [3.63, 3.8) is 0 Å². The molecule has 0 saturated carbocycles. The predicted octanol–water partition coefficient (Wildman–Crippen LogP) is 3.79. The molecule has 0 spiro atoms. The van der Waals surface area contributed by atoms with Crippen LogP contribution < -0.4 is 5.32 Å². The number of rotatable bonds is 5. The van der Waals surface area contributed by atoms with Gasteiger partial charge in [-0.05, 0) is 70.2 Å². The van der Waals surface area contributed by atoms with E-state index in [9.17, 15) is 0 Å². The molecule has 2 unspecified atom stereocenters. The van der Waals surface area contributed by atoms with Crippen LogP contribution in [0.4, 0.5) is 0 Å². The minimum atomic E-state index is 0.607. The Labute approximate surface area is 107 Å². The smallest absolute Gasteiger partial charge is 0.00383 e. The quantitative estimate of drug-likeness (QED) is 0.816. The molecule has 0 fully saturated rings. The van der Waals surface area contributed by atoms with Crippen LogP contribution in [0, 0.1) is 26.7 Å². The molecular formula is C16H27N. The second-order valence-electron chi connectivity index (χ2n) is 5.61. The van der Waals surface area contributed by atoms with Gasteiger partial charge in [0, 0.05) is 6.04 Å². The third-order valence-corrected chi connectivity index (χ3v) is 3.64. The summed E-state index contributed by atoms with van der Waals surface area (Å²) in [5.41, 5.74) is 5.82. The third kappa shape index (κ3) is 4.16. The molecular weight excluding hydrogens is 206 g/mol. The van der Waals surface area contributed by atoms with Gasteiger partial charge in [0.15, 0.2) is 0 Å². The van der Waals surface area contributed by atoms with E-state index >= 15 is 0 Å². The lowest BCUT2D eigenvalue weighted by atomic mass is 9.89. The van der Waals surface area contributed by atoms with Crippen molar-refractivity contribution in [2.45, 2.75) is 53.5 Å². The summed E-state index contributed by atoms with van der Waals surface area (Å²) in [6.45, 7) is 11.3. The van der Waals surface area contributed by atoms with Gasteiger partial charge in [0.1, 0.15) is 0 Å². The molecule has 0 aliphatic rings. The van der Waals surface area contributed by atoms with E-state index in [2.05, 4.69) is 52.1 Å². The molecule has 0 heterocycles. The van der Waals surface area contributed by atoms with E-state index in [4.69, 9.17) is 0 Å². The molecule has 0 bridgehead atoms. The Morgan fingerprint density at radius 1 is 1.06 bits per heavy atom. The standard InChI is InChI=1S/C16H27N/c1-11-7-13(3)16(14(4)8-11)10-12(2)9-15(5)17-6/h7-8,12,15,17H,9-10H2,1-6H3. The van der Waals surface area contributed by atoms with E-state index in [-0.39, 0.29) is 0 Å². The third-order valence-electron chi connectivity index (χ3n) is 3.64. The maximum absolute atomic E-state index is 3.32. The number of hydrogen-bond donors (Lipinski definition) is 1. The molecule has 0 aliphatic carbocycles. The molecule has 1 aromatic rings. The van der Waals surface area contributed by atoms with Crippen molar-refractivity contribution in [2.24, 2.45) is 5.92 Å². The fraction of sp³-hybridized carbons (Fsp3) is 0.625. The molecule has 0 radical (unpaired) electrons. The lowest BCUT2D eigenvalue weighted by Gasteiger charge is -2.19. The van der Waals surface area contributed by atoms with Gasteiger partial charge in [0.2, 0.25) is 0 Å². The van der Waals surface area contributed by atoms with Crippen LogP contribution in [-0.4, -0.2) is 13.1 Å². The lowest BCUT2D eigenvalue weighted by Crippen LogP contribution is -2.24. The van der Waals surface area contributed by atoms with Crippen LogP contribution in [0.25, 0.3) is 0 Å². The lowest BCUT2D eigenvalue weighted by molar-refractivity contribution is 0.439. The van der Waals surface area contributed by atoms with E-state index in [0.29, 0.717) is 6.04 Å². The van der Waals surface area contributed by atoms with Crippen LogP contribution in [0.3, 0.4) is 0 Å². The number of hydrogen-bond acceptors (Lipinski definition) is 1. The maximum Gasteiger partial charge on any atom is 0.00383 e. The fourth-order valence-electron chi connectivity index (χ4n) is 2.69. The molecule has 96 valence electrons. The first kappa shape index (κ1) is 14.2. The van der Waals surface area contributed by atoms with Crippen molar-refractivity contribution in [3.05, 3.63) is 34.4 Å². The number of benzene rings is 1. The van der Waals surface area contributed by atoms with Gasteiger partial charge in [-0.25, -0.2) is 0 Å². The van der Waals surface area contributed by atoms with Gasteiger partial charge in [-0.2, -0.15) is 0 Å². The topological polar surface area (TPSA) is 12.0 Å². The fourth-order valence-corrected chi connectivity index (χ4v) is 2.69. The summed E-state index contributed by atoms with van der Waals surface area (Å²) in [4.78, 5) is 0. The first-order valence-electron chi connectivity index (χ1n) is 6.68. The highest BCUT2D eigenvalue weighted by Gasteiger charge is 2.11. The summed E-state index contributed by atoms with van der Waals surface area (Å²) < 4.78 is 0. The van der Waals surface area contributed by atoms with Crippen molar-refractivity contribution in [1.82, 2.24) is 5.32 Å². The van der Waals surface area contributed by atoms with E-state index in [1.165, 1.54) is 29.5 Å². The van der Waals surface area contributed by atoms with Crippen LogP contribution in [0.2, 0.25) is 0 Å². The summed E-state index contributed by atoms with van der Waals surface area (Å²) in [6, 6.07) is 5.21. The molecule has 2 atom stereocenters. The monoisotopic (exact) mass is 233 g/mol. The van der Waals surface area contributed by atoms with Gasteiger partial charge in [-0.15, -0.1) is 0 Å². The van der Waals surface area contributed by atoms with Crippen molar-refractivity contribution in [3.8, 4) is 0 Å². The molecule has 0 aliphatic heterocycles. The number of aryl methyl sites for hydroxylation is 3. The molecule has 17 heavy (non-hydrogen) atoms. The summed E-state index contributed by atoms with van der Waals surface area (Å²) in [6.07, 6.45) is 2.44. The average Bonchev–Trinajstić information content (AvgIpc) is 2.23. The second kappa shape index (κ2) is 6.20. The van der Waals surface area contributed by atoms with Gasteiger partial charge in [0.05, 0.1) is 0 Å². The summed E-state index contributed by atoms with van der Waals surface area (Å²) in [5, 5.41) is 3.32. The van der Waals surface area contributed by atoms with Crippen LogP contribution in [-0.2, 0) is 6.42 Å². The zero-order valence-electron chi connectivity index (χ0n) is 12.2. The largest absolute Gasteiger partial charge is 0.317 e. The van der Waals surface area contributed by atoms with Crippen molar-refractivity contribution in [1.29, 1.82) is 0 Å². The molecule has 1 nitrogen and oxygen atoms in total. The maximum atomic E-state index is 3.32. The molecule has 1 heteroatoms. The van der Waals surface area contributed by atoms with E-state index in [1.54, 1.807) is 5.56 Å². The molecule has 1 rings (SSSR count). The Morgan fingerprint density at radius 3 is 2.06 bits per heavy atom. The zero-order chi connectivity index (χ0) is 13.0. The van der Waals surface area contributed by atoms with E-state index in [0.717, 1.165) is 5.92 Å². The highest BCUT2D eigenvalue weighted by Crippen LogP contribution is 2.21. The summed E-state index contributed by atoms with van der Waals surface area (Å²) in [7, 11) is 2.04. The Kier molecular flexibility index (Phi) is 5.20. The van der Waals surface area contributed by atoms with E-state index in [1.807, 2.05) is 7.05 Å². The Hall–Kier alpha value is -0.820. The first-order chi connectivity index (χ1) is 7.93. The Bertz CT molecular complexity index is 345. The average molecular weight is 233 g/mol. The first-order valence-corrected chi connectivity index (χ1v) is 6.68. The van der Waals surface area contributed by atoms with Gasteiger partial charge < -0.3 is 5.32 Å². The molecule has 1 aromatic carbocycles. The van der Waals surface area contributed by atoms with Crippen molar-refractivity contribution < 1.29 is 0 Å². The summed E-state index contributed by atoms with van der Waals surface area (Å²) in [5.74, 6) is 0.734. The summed E-state index contributed by atoms with van der Waals surface area (Å²) >= 11 is 0. The van der Waals surface area contributed by atoms with Crippen molar-refractivity contribution >= 4 is 0 Å². The highest BCUT2D eigenvalue weighted by molar-refractivity contribution is 5.37. The van der Waals surface area contributed by atoms with Crippen LogP contribution in [0.15, 0.2) is 12.1 Å². The van der Waals surface area contributed by atoms with Crippen LogP contribution >= 0.6 is 0 Å². The van der Waals surface area contributed by atoms with E-state index < -0.39 is 0 Å². The van der Waals surface area contributed by atoms with Crippen LogP contribution in [0.5, 0.6) is 0 Å². The molecule has 1 N–H and O–H groups in total. The van der Waals surface area contributed by atoms with Gasteiger partial charge in [-0.3, -0.25) is 0 Å². The van der Waals surface area contributed by atoms with Gasteiger partial charge in [-0.1, -0.05) is 24.6 Å². The predicted molar refractivity (Wildman–Crippen MR) is 76.7 cm³/mol. The SMILES string of the molecule is CNC(C)CC(C)Cc1c(C)cc(C)cc1C. The minimum Gasteiger partial charge on any atom is -0.317 e. The Balaban J connectivity index is 2.74. The van der Waals surface area contributed by atoms with Crippen molar-refractivity contribution in [2.75, 3.05) is 7.05 Å². The van der Waals surface area contributed by atoms with Gasteiger partial charge in [0.25, 0.3) is 0 Å². The molecule has 0 aromatic heterocycles. The molecule has 0 saturated heterocycles. The number of nitrogens with one attached hydrogen (secondary N) is 1. The van der Waals surface area contributed by atoms with Gasteiger partial charge >= 0.3 is 0 Å². The minimum absolute atomic E-state index is 0.607. The van der Waals surface area contributed by atoms with Crippen LogP contribution in [0.1, 0.15) is 42.5 Å². The second-order valence-corrected chi connectivity index (χ2v) is 5.61. The highest BCUT2D eigenvalue weighted by atomic mass is 14.8.